The lowest BCUT2D eigenvalue weighted by Crippen LogP contribution is -2.53. The number of carbonyl (C=O) groups excluding carboxylic acids is 2. The molecule has 1 aromatic rings. The van der Waals surface area contributed by atoms with Gasteiger partial charge in [0, 0.05) is 32.4 Å². The smallest absolute Gasteiger partial charge is 0.252 e. The van der Waals surface area contributed by atoms with Gasteiger partial charge in [0.15, 0.2) is 0 Å². The Kier molecular flexibility index (Phi) is 8.30. The lowest BCUT2D eigenvalue weighted by molar-refractivity contribution is -0.132. The van der Waals surface area contributed by atoms with Crippen molar-refractivity contribution in [3.8, 4) is 0 Å². The Balaban J connectivity index is 0.00000288. The maximum Gasteiger partial charge on any atom is 0.252 e. The number of thioether (sulfide) groups is 1. The maximum atomic E-state index is 12.3. The molecule has 0 saturated carbocycles. The van der Waals surface area contributed by atoms with E-state index in [1.807, 2.05) is 11.2 Å². The van der Waals surface area contributed by atoms with Crippen LogP contribution in [0.15, 0.2) is 18.3 Å². The van der Waals surface area contributed by atoms with E-state index in [0.717, 1.165) is 5.75 Å². The lowest BCUT2D eigenvalue weighted by atomic mass is 10.1. The summed E-state index contributed by atoms with van der Waals surface area (Å²) in [5, 5.41) is 0. The summed E-state index contributed by atoms with van der Waals surface area (Å²) < 4.78 is 0. The summed E-state index contributed by atoms with van der Waals surface area (Å²) >= 11 is 1.68. The highest BCUT2D eigenvalue weighted by Crippen LogP contribution is 2.19. The van der Waals surface area contributed by atoms with Crippen molar-refractivity contribution in [3.63, 3.8) is 0 Å². The number of nitrogens with zero attached hydrogens (tertiary/aromatic N) is 3. The van der Waals surface area contributed by atoms with Gasteiger partial charge in [-0.2, -0.15) is 11.8 Å². The molecule has 1 saturated heterocycles. The van der Waals surface area contributed by atoms with Crippen molar-refractivity contribution in [2.45, 2.75) is 12.5 Å². The first kappa shape index (κ1) is 20.5. The first-order valence-electron chi connectivity index (χ1n) is 7.57. The molecular weight excluding hydrogens is 350 g/mol. The number of anilines is 1. The number of hydrogen-bond acceptors (Lipinski definition) is 6. The van der Waals surface area contributed by atoms with Gasteiger partial charge in [-0.15, -0.1) is 12.4 Å². The molecule has 1 aromatic heterocycles. The molecule has 1 aliphatic heterocycles. The summed E-state index contributed by atoms with van der Waals surface area (Å²) in [5.74, 6) is 0.960. The molecule has 4 N–H and O–H groups in total. The van der Waals surface area contributed by atoms with Crippen LogP contribution in [-0.4, -0.2) is 65.9 Å². The van der Waals surface area contributed by atoms with Crippen LogP contribution in [0, 0.1) is 0 Å². The van der Waals surface area contributed by atoms with Gasteiger partial charge in [-0.05, 0) is 30.6 Å². The van der Waals surface area contributed by atoms with Crippen LogP contribution in [0.5, 0.6) is 0 Å². The highest BCUT2D eigenvalue weighted by atomic mass is 35.5. The quantitative estimate of drug-likeness (QED) is 0.744. The molecule has 134 valence electrons. The Morgan fingerprint density at radius 3 is 2.58 bits per heavy atom. The van der Waals surface area contributed by atoms with Crippen LogP contribution < -0.4 is 16.4 Å². The number of amides is 2. The van der Waals surface area contributed by atoms with Crippen LogP contribution in [0.3, 0.4) is 0 Å². The monoisotopic (exact) mass is 373 g/mol. The van der Waals surface area contributed by atoms with Crippen molar-refractivity contribution < 1.29 is 9.59 Å². The Bertz CT molecular complexity index is 567. The molecular formula is C15H24ClN5O2S. The zero-order valence-electron chi connectivity index (χ0n) is 13.7. The van der Waals surface area contributed by atoms with E-state index in [2.05, 4.69) is 4.98 Å². The largest absolute Gasteiger partial charge is 0.365 e. The second-order valence-electron chi connectivity index (χ2n) is 5.44. The molecule has 0 aliphatic carbocycles. The van der Waals surface area contributed by atoms with Crippen molar-refractivity contribution in [2.75, 3.05) is 43.1 Å². The molecule has 1 aliphatic rings. The third kappa shape index (κ3) is 4.99. The van der Waals surface area contributed by atoms with Crippen molar-refractivity contribution >= 4 is 41.8 Å². The number of carbonyl (C=O) groups is 2. The van der Waals surface area contributed by atoms with Crippen LogP contribution in [0.25, 0.3) is 0 Å². The minimum Gasteiger partial charge on any atom is -0.365 e. The number of primary amides is 1. The average Bonchev–Trinajstić information content (AvgIpc) is 2.59. The van der Waals surface area contributed by atoms with Gasteiger partial charge in [0.1, 0.15) is 5.82 Å². The maximum absolute atomic E-state index is 12.3. The van der Waals surface area contributed by atoms with Gasteiger partial charge >= 0.3 is 0 Å². The van der Waals surface area contributed by atoms with Crippen LogP contribution >= 0.6 is 24.2 Å². The van der Waals surface area contributed by atoms with Gasteiger partial charge in [-0.25, -0.2) is 4.98 Å². The summed E-state index contributed by atoms with van der Waals surface area (Å²) in [4.78, 5) is 31.8. The van der Waals surface area contributed by atoms with E-state index in [1.54, 1.807) is 35.0 Å². The van der Waals surface area contributed by atoms with Gasteiger partial charge in [0.2, 0.25) is 5.91 Å². The van der Waals surface area contributed by atoms with Crippen LogP contribution in [0.2, 0.25) is 0 Å². The van der Waals surface area contributed by atoms with Crippen molar-refractivity contribution in [1.29, 1.82) is 0 Å². The molecule has 0 spiro atoms. The predicted octanol–water partition coefficient (Wildman–Crippen LogP) is 0.331. The van der Waals surface area contributed by atoms with Gasteiger partial charge in [-0.3, -0.25) is 9.59 Å². The third-order valence-corrected chi connectivity index (χ3v) is 4.54. The summed E-state index contributed by atoms with van der Waals surface area (Å²) in [6.45, 7) is 2.36. The minimum atomic E-state index is -0.495. The van der Waals surface area contributed by atoms with Crippen LogP contribution in [0.1, 0.15) is 16.8 Å². The number of nitrogens with two attached hydrogens (primary N) is 2. The van der Waals surface area contributed by atoms with E-state index in [0.29, 0.717) is 44.0 Å². The fourth-order valence-electron chi connectivity index (χ4n) is 2.58. The summed E-state index contributed by atoms with van der Waals surface area (Å²) in [5.41, 5.74) is 11.8. The first-order valence-corrected chi connectivity index (χ1v) is 8.97. The molecule has 2 rings (SSSR count). The molecule has 0 bridgehead atoms. The van der Waals surface area contributed by atoms with E-state index in [9.17, 15) is 9.59 Å². The molecule has 0 radical (unpaired) electrons. The SMILES string of the molecule is CSCC[C@H](N)C(=O)N1CCN(c2ncccc2C(N)=O)CC1.Cl. The van der Waals surface area contributed by atoms with Gasteiger partial charge in [-0.1, -0.05) is 0 Å². The molecule has 1 fully saturated rings. The minimum absolute atomic E-state index is 0. The van der Waals surface area contributed by atoms with Gasteiger partial charge in [0.25, 0.3) is 5.91 Å². The summed E-state index contributed by atoms with van der Waals surface area (Å²) in [7, 11) is 0. The molecule has 0 aromatic carbocycles. The summed E-state index contributed by atoms with van der Waals surface area (Å²) in [6, 6.07) is 2.92. The zero-order valence-corrected chi connectivity index (χ0v) is 15.3. The average molecular weight is 374 g/mol. The molecule has 24 heavy (non-hydrogen) atoms. The second-order valence-corrected chi connectivity index (χ2v) is 6.42. The van der Waals surface area contributed by atoms with Crippen molar-refractivity contribution in [1.82, 2.24) is 9.88 Å². The third-order valence-electron chi connectivity index (χ3n) is 3.89. The Labute approximate surface area is 152 Å². The van der Waals surface area contributed by atoms with Crippen molar-refractivity contribution in [2.24, 2.45) is 11.5 Å². The lowest BCUT2D eigenvalue weighted by Gasteiger charge is -2.37. The standard InChI is InChI=1S/C15H23N5O2S.ClH/c1-23-10-4-12(16)15(22)20-8-6-19(7-9-20)14-11(13(17)21)3-2-5-18-14;/h2-3,5,12H,4,6-10,16H2,1H3,(H2,17,21);1H/t12-;/m0./s1. The van der Waals surface area contributed by atoms with Crippen molar-refractivity contribution in [3.05, 3.63) is 23.9 Å². The first-order chi connectivity index (χ1) is 11.0. The molecule has 2 heterocycles. The number of hydrogen-bond donors (Lipinski definition) is 2. The summed E-state index contributed by atoms with van der Waals surface area (Å²) in [6.07, 6.45) is 4.32. The highest BCUT2D eigenvalue weighted by molar-refractivity contribution is 7.98. The van der Waals surface area contributed by atoms with Gasteiger partial charge < -0.3 is 21.3 Å². The number of piperazine rings is 1. The van der Waals surface area contributed by atoms with E-state index in [-0.39, 0.29) is 18.3 Å². The fourth-order valence-corrected chi connectivity index (χ4v) is 3.07. The fraction of sp³-hybridized carbons (Fsp3) is 0.533. The van der Waals surface area contributed by atoms with Crippen LogP contribution in [-0.2, 0) is 4.79 Å². The van der Waals surface area contributed by atoms with E-state index < -0.39 is 11.9 Å². The Hall–Kier alpha value is -1.51. The van der Waals surface area contributed by atoms with E-state index in [4.69, 9.17) is 11.5 Å². The number of aromatic nitrogens is 1. The van der Waals surface area contributed by atoms with Crippen LogP contribution in [0.4, 0.5) is 5.82 Å². The normalized spacial score (nSPS) is 15.6. The van der Waals surface area contributed by atoms with E-state index in [1.165, 1.54) is 0 Å². The molecule has 7 nitrogen and oxygen atoms in total. The Morgan fingerprint density at radius 2 is 2.00 bits per heavy atom. The second kappa shape index (κ2) is 9.71. The predicted molar refractivity (Wildman–Crippen MR) is 99.8 cm³/mol. The van der Waals surface area contributed by atoms with Gasteiger partial charge in [0.05, 0.1) is 11.6 Å². The molecule has 9 heteroatoms. The molecule has 2 amide bonds. The highest BCUT2D eigenvalue weighted by Gasteiger charge is 2.26. The Morgan fingerprint density at radius 1 is 1.33 bits per heavy atom. The molecule has 1 atom stereocenters. The number of pyridine rings is 1. The topological polar surface area (TPSA) is 106 Å². The number of rotatable bonds is 6. The zero-order chi connectivity index (χ0) is 16.8. The number of halogens is 1. The molecule has 0 unspecified atom stereocenters. The van der Waals surface area contributed by atoms with E-state index >= 15 is 0 Å².